The average Bonchev–Trinajstić information content (AvgIpc) is 2.99. The number of carbonyl (C=O) groups is 4. The van der Waals surface area contributed by atoms with Crippen molar-refractivity contribution in [3.05, 3.63) is 108 Å². The fourth-order valence-corrected chi connectivity index (χ4v) is 4.63. The minimum atomic E-state index is -1.05. The second-order valence-electron chi connectivity index (χ2n) is 12.4. The predicted molar refractivity (Wildman–Crippen MR) is 173 cm³/mol. The molecule has 3 aromatic rings. The fraction of sp³-hybridized carbons (Fsp3) is 0.389. The summed E-state index contributed by atoms with van der Waals surface area (Å²) < 4.78 is 11.0. The normalized spacial score (nSPS) is 13.2. The zero-order valence-electron chi connectivity index (χ0n) is 26.7. The van der Waals surface area contributed by atoms with Crippen molar-refractivity contribution in [3.8, 4) is 0 Å². The van der Waals surface area contributed by atoms with Crippen molar-refractivity contribution in [1.82, 2.24) is 16.0 Å². The highest BCUT2D eigenvalue weighted by Crippen LogP contribution is 2.12. The van der Waals surface area contributed by atoms with Crippen molar-refractivity contribution in [2.24, 2.45) is 5.92 Å². The Hall–Kier alpha value is -4.66. The highest BCUT2D eigenvalue weighted by molar-refractivity contribution is 5.93. The van der Waals surface area contributed by atoms with Crippen LogP contribution in [-0.2, 0) is 43.3 Å². The van der Waals surface area contributed by atoms with E-state index >= 15 is 0 Å². The van der Waals surface area contributed by atoms with Crippen LogP contribution < -0.4 is 16.0 Å². The van der Waals surface area contributed by atoms with Crippen LogP contribution in [0.1, 0.15) is 57.7 Å². The minimum absolute atomic E-state index is 0.0752. The van der Waals surface area contributed by atoms with E-state index in [1.807, 2.05) is 105 Å². The van der Waals surface area contributed by atoms with E-state index in [0.717, 1.165) is 16.7 Å². The number of benzene rings is 3. The second kappa shape index (κ2) is 17.0. The van der Waals surface area contributed by atoms with E-state index in [9.17, 15) is 19.2 Å². The summed E-state index contributed by atoms with van der Waals surface area (Å²) in [6, 6.07) is 24.8. The lowest BCUT2D eigenvalue weighted by Gasteiger charge is -2.27. The van der Waals surface area contributed by atoms with Gasteiger partial charge in [0, 0.05) is 12.8 Å². The Balaban J connectivity index is 1.81. The number of amides is 3. The maximum Gasteiger partial charge on any atom is 0.408 e. The first kappa shape index (κ1) is 34.8. The van der Waals surface area contributed by atoms with Gasteiger partial charge in [-0.1, -0.05) is 105 Å². The molecule has 0 aliphatic heterocycles. The van der Waals surface area contributed by atoms with Gasteiger partial charge in [0.1, 0.15) is 30.3 Å². The summed E-state index contributed by atoms with van der Waals surface area (Å²) in [6.45, 7) is 9.17. The molecule has 45 heavy (non-hydrogen) atoms. The van der Waals surface area contributed by atoms with E-state index in [0.29, 0.717) is 6.42 Å². The number of nitrogens with one attached hydrogen (secondary N) is 3. The van der Waals surface area contributed by atoms with Crippen LogP contribution in [0.3, 0.4) is 0 Å². The van der Waals surface area contributed by atoms with Crippen molar-refractivity contribution in [1.29, 1.82) is 0 Å². The van der Waals surface area contributed by atoms with Crippen LogP contribution in [0.4, 0.5) is 4.79 Å². The number of rotatable bonds is 14. The monoisotopic (exact) mass is 615 g/mol. The zero-order valence-corrected chi connectivity index (χ0v) is 26.7. The molecule has 240 valence electrons. The predicted octanol–water partition coefficient (Wildman–Crippen LogP) is 5.12. The zero-order chi connectivity index (χ0) is 32.8. The molecule has 3 rings (SSSR count). The van der Waals surface area contributed by atoms with Crippen LogP contribution in [0.15, 0.2) is 91.0 Å². The molecular formula is C36H45N3O6. The average molecular weight is 616 g/mol. The number of ether oxygens (including phenoxy) is 2. The van der Waals surface area contributed by atoms with Gasteiger partial charge in [-0.15, -0.1) is 0 Å². The minimum Gasteiger partial charge on any atom is -0.459 e. The maximum atomic E-state index is 13.8. The molecule has 0 bridgehead atoms. The molecule has 9 heteroatoms. The summed E-state index contributed by atoms with van der Waals surface area (Å²) in [4.78, 5) is 53.4. The number of hydrogen-bond donors (Lipinski definition) is 3. The van der Waals surface area contributed by atoms with E-state index in [1.54, 1.807) is 20.8 Å². The lowest BCUT2D eigenvalue weighted by atomic mass is 10.0. The Morgan fingerprint density at radius 2 is 1.04 bits per heavy atom. The molecule has 0 aliphatic rings. The van der Waals surface area contributed by atoms with Gasteiger partial charge in [-0.25, -0.2) is 9.59 Å². The molecule has 0 aromatic heterocycles. The molecule has 0 saturated heterocycles. The molecule has 0 fully saturated rings. The van der Waals surface area contributed by atoms with Crippen LogP contribution in [0.5, 0.6) is 0 Å². The van der Waals surface area contributed by atoms with Crippen molar-refractivity contribution >= 4 is 23.9 Å². The third kappa shape index (κ3) is 12.8. The van der Waals surface area contributed by atoms with Gasteiger partial charge in [-0.3, -0.25) is 9.59 Å². The van der Waals surface area contributed by atoms with Gasteiger partial charge in [-0.2, -0.15) is 0 Å². The first-order valence-corrected chi connectivity index (χ1v) is 15.3. The first-order chi connectivity index (χ1) is 21.4. The van der Waals surface area contributed by atoms with Crippen LogP contribution in [-0.4, -0.2) is 47.6 Å². The standard InChI is InChI=1S/C36H45N3O6/c1-25(2)21-31(34(42)44-24-28-19-13-8-14-20-28)38-32(40)29(22-26-15-9-6-10-16-26)37-33(41)30(23-27-17-11-7-12-18-27)39-35(43)45-36(3,4)5/h6-20,25,29-31H,21-24H2,1-5H3,(H,37,41)(H,38,40)(H,39,43)/t29-,30+,31-/m0/s1. The van der Waals surface area contributed by atoms with E-state index in [4.69, 9.17) is 9.47 Å². The Morgan fingerprint density at radius 1 is 0.622 bits per heavy atom. The Morgan fingerprint density at radius 3 is 1.49 bits per heavy atom. The molecule has 3 aromatic carbocycles. The van der Waals surface area contributed by atoms with Crippen molar-refractivity contribution in [3.63, 3.8) is 0 Å². The van der Waals surface area contributed by atoms with Gasteiger partial charge in [0.25, 0.3) is 0 Å². The Kier molecular flexibility index (Phi) is 13.1. The first-order valence-electron chi connectivity index (χ1n) is 15.3. The summed E-state index contributed by atoms with van der Waals surface area (Å²) in [6.07, 6.45) is -0.0628. The van der Waals surface area contributed by atoms with Gasteiger partial charge in [0.05, 0.1) is 0 Å². The highest BCUT2D eigenvalue weighted by atomic mass is 16.6. The molecule has 3 N–H and O–H groups in total. The number of alkyl carbamates (subject to hydrolysis) is 1. The largest absolute Gasteiger partial charge is 0.459 e. The van der Waals surface area contributed by atoms with Gasteiger partial charge < -0.3 is 25.4 Å². The van der Waals surface area contributed by atoms with Gasteiger partial charge >= 0.3 is 12.1 Å². The van der Waals surface area contributed by atoms with Crippen LogP contribution in [0.2, 0.25) is 0 Å². The van der Waals surface area contributed by atoms with E-state index in [1.165, 1.54) is 0 Å². The topological polar surface area (TPSA) is 123 Å². The Labute approximate surface area is 266 Å². The summed E-state index contributed by atoms with van der Waals surface area (Å²) in [5.74, 6) is -1.58. The van der Waals surface area contributed by atoms with Gasteiger partial charge in [0.15, 0.2) is 0 Å². The van der Waals surface area contributed by atoms with Crippen LogP contribution >= 0.6 is 0 Å². The van der Waals surface area contributed by atoms with Crippen molar-refractivity contribution in [2.45, 2.75) is 84.2 Å². The molecule has 0 unspecified atom stereocenters. The summed E-state index contributed by atoms with van der Waals surface area (Å²) >= 11 is 0. The molecule has 3 amide bonds. The quantitative estimate of drug-likeness (QED) is 0.216. The number of carbonyl (C=O) groups excluding carboxylic acids is 4. The number of hydrogen-bond acceptors (Lipinski definition) is 6. The lowest BCUT2D eigenvalue weighted by molar-refractivity contribution is -0.149. The summed E-state index contributed by atoms with van der Waals surface area (Å²) in [5.41, 5.74) is 1.69. The van der Waals surface area contributed by atoms with Gasteiger partial charge in [0.2, 0.25) is 11.8 Å². The Bertz CT molecular complexity index is 1370. The van der Waals surface area contributed by atoms with E-state index < -0.39 is 47.6 Å². The van der Waals surface area contributed by atoms with E-state index in [-0.39, 0.29) is 25.4 Å². The fourth-order valence-electron chi connectivity index (χ4n) is 4.63. The maximum absolute atomic E-state index is 13.8. The molecule has 0 radical (unpaired) electrons. The second-order valence-corrected chi connectivity index (χ2v) is 12.4. The molecule has 0 aliphatic carbocycles. The molecule has 3 atom stereocenters. The molecule has 0 heterocycles. The molecule has 0 spiro atoms. The highest BCUT2D eigenvalue weighted by Gasteiger charge is 2.31. The smallest absolute Gasteiger partial charge is 0.408 e. The third-order valence-electron chi connectivity index (χ3n) is 6.74. The van der Waals surface area contributed by atoms with E-state index in [2.05, 4.69) is 16.0 Å². The molecule has 9 nitrogen and oxygen atoms in total. The van der Waals surface area contributed by atoms with Crippen LogP contribution in [0.25, 0.3) is 0 Å². The molecular weight excluding hydrogens is 570 g/mol. The third-order valence-corrected chi connectivity index (χ3v) is 6.74. The summed E-state index contributed by atoms with van der Waals surface area (Å²) in [7, 11) is 0. The van der Waals surface area contributed by atoms with Crippen molar-refractivity contribution in [2.75, 3.05) is 0 Å². The van der Waals surface area contributed by atoms with Gasteiger partial charge in [-0.05, 0) is 49.8 Å². The SMILES string of the molecule is CC(C)C[C@H](NC(=O)[C@H](Cc1ccccc1)NC(=O)[C@@H](Cc1ccccc1)NC(=O)OC(C)(C)C)C(=O)OCc1ccccc1. The molecule has 0 saturated carbocycles. The number of esters is 1. The van der Waals surface area contributed by atoms with Crippen LogP contribution in [0, 0.1) is 5.92 Å². The van der Waals surface area contributed by atoms with Crippen molar-refractivity contribution < 1.29 is 28.7 Å². The lowest BCUT2D eigenvalue weighted by Crippen LogP contribution is -2.57. The summed E-state index contributed by atoms with van der Waals surface area (Å²) in [5, 5.41) is 8.33.